The molecule has 0 aromatic heterocycles. The zero-order chi connectivity index (χ0) is 19.4. The topological polar surface area (TPSA) is 55.8 Å². The molecule has 1 fully saturated rings. The Morgan fingerprint density at radius 1 is 1.11 bits per heavy atom. The lowest BCUT2D eigenvalue weighted by atomic mass is 10.1. The maximum Gasteiger partial charge on any atom is 0.234 e. The van der Waals surface area contributed by atoms with Crippen LogP contribution in [0.15, 0.2) is 42.5 Å². The molecule has 2 aromatic rings. The number of carbonyl (C=O) groups is 1. The van der Waals surface area contributed by atoms with Gasteiger partial charge in [-0.1, -0.05) is 29.3 Å². The molecule has 2 aromatic carbocycles. The van der Waals surface area contributed by atoms with Gasteiger partial charge in [0.25, 0.3) is 0 Å². The molecular weight excluding hydrogens is 385 g/mol. The fraction of sp³-hybridized carbons (Fsp3) is 0.350. The second-order valence-electron chi connectivity index (χ2n) is 6.73. The van der Waals surface area contributed by atoms with Gasteiger partial charge in [0.15, 0.2) is 0 Å². The summed E-state index contributed by atoms with van der Waals surface area (Å²) in [6.45, 7) is 5.58. The number of piperazine rings is 1. The summed E-state index contributed by atoms with van der Waals surface area (Å²) < 4.78 is 0. The summed E-state index contributed by atoms with van der Waals surface area (Å²) in [4.78, 5) is 16.8. The summed E-state index contributed by atoms with van der Waals surface area (Å²) >= 11 is 12.1. The van der Waals surface area contributed by atoms with E-state index in [1.807, 2.05) is 25.1 Å². The van der Waals surface area contributed by atoms with Crippen LogP contribution in [0.2, 0.25) is 10.0 Å². The summed E-state index contributed by atoms with van der Waals surface area (Å²) in [6.07, 6.45) is 0. The van der Waals surface area contributed by atoms with Gasteiger partial charge in [-0.05, 0) is 48.9 Å². The lowest BCUT2D eigenvalue weighted by molar-refractivity contribution is -0.123. The first-order valence-electron chi connectivity index (χ1n) is 8.93. The van der Waals surface area contributed by atoms with Gasteiger partial charge in [0.2, 0.25) is 5.91 Å². The Bertz CT molecular complexity index is 790. The Hall–Kier alpha value is -1.95. The first-order valence-corrected chi connectivity index (χ1v) is 9.68. The number of halogens is 2. The van der Waals surface area contributed by atoms with Crippen LogP contribution in [-0.2, 0) is 4.79 Å². The normalized spacial score (nSPS) is 16.2. The second-order valence-corrected chi connectivity index (χ2v) is 7.58. The van der Waals surface area contributed by atoms with Gasteiger partial charge >= 0.3 is 0 Å². The third kappa shape index (κ3) is 5.28. The van der Waals surface area contributed by atoms with Crippen molar-refractivity contribution in [2.24, 2.45) is 0 Å². The monoisotopic (exact) mass is 407 g/mol. The Morgan fingerprint density at radius 2 is 1.78 bits per heavy atom. The number of carbonyl (C=O) groups excluding carboxylic acids is 1. The maximum atomic E-state index is 12.4. The molecule has 0 bridgehead atoms. The Kier molecular flexibility index (Phi) is 6.47. The van der Waals surface area contributed by atoms with E-state index in [1.165, 1.54) is 0 Å². The van der Waals surface area contributed by atoms with Crippen LogP contribution < -0.4 is 10.2 Å². The molecule has 5 nitrogen and oxygen atoms in total. The first-order chi connectivity index (χ1) is 12.9. The highest BCUT2D eigenvalue weighted by molar-refractivity contribution is 6.35. The molecule has 0 aliphatic carbocycles. The van der Waals surface area contributed by atoms with Gasteiger partial charge in [-0.25, -0.2) is 0 Å². The molecule has 1 unspecified atom stereocenters. The number of hydrogen-bond acceptors (Lipinski definition) is 4. The van der Waals surface area contributed by atoms with E-state index < -0.39 is 0 Å². The number of nitrogens with zero attached hydrogens (tertiary/aromatic N) is 2. The lowest BCUT2D eigenvalue weighted by Crippen LogP contribution is -2.49. The van der Waals surface area contributed by atoms with Crippen LogP contribution in [0.3, 0.4) is 0 Å². The van der Waals surface area contributed by atoms with Gasteiger partial charge in [-0.15, -0.1) is 0 Å². The third-order valence-corrected chi connectivity index (χ3v) is 5.32. The van der Waals surface area contributed by atoms with Gasteiger partial charge in [0, 0.05) is 41.9 Å². The first kappa shape index (κ1) is 19.8. The fourth-order valence-electron chi connectivity index (χ4n) is 3.25. The average molecular weight is 408 g/mol. The molecule has 0 radical (unpaired) electrons. The van der Waals surface area contributed by atoms with Crippen molar-refractivity contribution in [1.82, 2.24) is 10.2 Å². The Morgan fingerprint density at radius 3 is 2.41 bits per heavy atom. The van der Waals surface area contributed by atoms with Crippen LogP contribution in [0, 0.1) is 0 Å². The number of rotatable bonds is 5. The zero-order valence-electron chi connectivity index (χ0n) is 15.2. The number of benzene rings is 2. The van der Waals surface area contributed by atoms with E-state index in [4.69, 9.17) is 23.2 Å². The van der Waals surface area contributed by atoms with Crippen LogP contribution in [0.25, 0.3) is 0 Å². The molecule has 0 spiro atoms. The molecule has 144 valence electrons. The Balaban J connectivity index is 1.48. The molecule has 1 heterocycles. The van der Waals surface area contributed by atoms with Gasteiger partial charge in [-0.3, -0.25) is 9.69 Å². The molecule has 1 atom stereocenters. The van der Waals surface area contributed by atoms with Crippen LogP contribution >= 0.6 is 23.2 Å². The number of hydrogen-bond donors (Lipinski definition) is 2. The van der Waals surface area contributed by atoms with E-state index >= 15 is 0 Å². The minimum Gasteiger partial charge on any atom is -0.508 e. The summed E-state index contributed by atoms with van der Waals surface area (Å²) in [5.74, 6) is 0.246. The highest BCUT2D eigenvalue weighted by Gasteiger charge is 2.20. The van der Waals surface area contributed by atoms with Crippen molar-refractivity contribution in [3.05, 3.63) is 58.1 Å². The van der Waals surface area contributed by atoms with Crippen molar-refractivity contribution in [2.75, 3.05) is 37.6 Å². The van der Waals surface area contributed by atoms with Crippen LogP contribution in [0.5, 0.6) is 5.75 Å². The SMILES string of the molecule is CC(NC(=O)CN1CCN(c2ccc(O)cc2)CC1)c1ccc(Cl)cc1Cl. The van der Waals surface area contributed by atoms with Gasteiger partial charge in [0.1, 0.15) is 5.75 Å². The zero-order valence-corrected chi connectivity index (χ0v) is 16.7. The van der Waals surface area contributed by atoms with E-state index in [2.05, 4.69) is 15.1 Å². The van der Waals surface area contributed by atoms with Crippen LogP contribution in [0.1, 0.15) is 18.5 Å². The van der Waals surface area contributed by atoms with Crippen molar-refractivity contribution in [2.45, 2.75) is 13.0 Å². The van der Waals surface area contributed by atoms with E-state index in [-0.39, 0.29) is 17.7 Å². The van der Waals surface area contributed by atoms with Gasteiger partial charge in [0.05, 0.1) is 12.6 Å². The van der Waals surface area contributed by atoms with E-state index in [1.54, 1.807) is 24.3 Å². The number of aromatic hydroxyl groups is 1. The van der Waals surface area contributed by atoms with E-state index in [9.17, 15) is 9.90 Å². The van der Waals surface area contributed by atoms with Gasteiger partial charge < -0.3 is 15.3 Å². The standard InChI is InChI=1S/C20H23Cl2N3O2/c1-14(18-7-2-15(21)12-19(18)22)23-20(27)13-24-8-10-25(11-9-24)16-3-5-17(26)6-4-16/h2-7,12,14,26H,8-11,13H2,1H3,(H,23,27). The predicted molar refractivity (Wildman–Crippen MR) is 110 cm³/mol. The minimum atomic E-state index is -0.180. The largest absolute Gasteiger partial charge is 0.508 e. The molecular formula is C20H23Cl2N3O2. The van der Waals surface area contributed by atoms with Crippen LogP contribution in [0.4, 0.5) is 5.69 Å². The molecule has 1 aliphatic heterocycles. The average Bonchev–Trinajstić information content (AvgIpc) is 2.63. The summed E-state index contributed by atoms with van der Waals surface area (Å²) in [5, 5.41) is 13.5. The summed E-state index contributed by atoms with van der Waals surface area (Å²) in [6, 6.07) is 12.3. The molecule has 1 aliphatic rings. The third-order valence-electron chi connectivity index (χ3n) is 4.76. The maximum absolute atomic E-state index is 12.4. The van der Waals surface area contributed by atoms with Crippen molar-refractivity contribution in [1.29, 1.82) is 0 Å². The molecule has 27 heavy (non-hydrogen) atoms. The highest BCUT2D eigenvalue weighted by atomic mass is 35.5. The van der Waals surface area contributed by atoms with Crippen LogP contribution in [-0.4, -0.2) is 48.6 Å². The van der Waals surface area contributed by atoms with Crippen molar-refractivity contribution >= 4 is 34.8 Å². The smallest absolute Gasteiger partial charge is 0.234 e. The summed E-state index contributed by atoms with van der Waals surface area (Å²) in [5.41, 5.74) is 1.94. The van der Waals surface area contributed by atoms with Crippen molar-refractivity contribution in [3.63, 3.8) is 0 Å². The number of anilines is 1. The molecule has 3 rings (SSSR count). The minimum absolute atomic E-state index is 0.0217. The fourth-order valence-corrected chi connectivity index (χ4v) is 3.82. The van der Waals surface area contributed by atoms with Crippen molar-refractivity contribution < 1.29 is 9.90 Å². The quantitative estimate of drug-likeness (QED) is 0.793. The molecule has 1 amide bonds. The lowest BCUT2D eigenvalue weighted by Gasteiger charge is -2.35. The number of phenols is 1. The van der Waals surface area contributed by atoms with E-state index in [0.29, 0.717) is 16.6 Å². The number of amides is 1. The van der Waals surface area contributed by atoms with Crippen molar-refractivity contribution in [3.8, 4) is 5.75 Å². The second kappa shape index (κ2) is 8.83. The predicted octanol–water partition coefficient (Wildman–Crippen LogP) is 3.70. The number of nitrogens with one attached hydrogen (secondary N) is 1. The Labute approximate surface area is 169 Å². The summed E-state index contributed by atoms with van der Waals surface area (Å²) in [7, 11) is 0. The highest BCUT2D eigenvalue weighted by Crippen LogP contribution is 2.26. The molecule has 2 N–H and O–H groups in total. The molecule has 0 saturated carbocycles. The molecule has 1 saturated heterocycles. The molecule has 7 heteroatoms. The number of phenolic OH excluding ortho intramolecular Hbond substituents is 1. The van der Waals surface area contributed by atoms with Gasteiger partial charge in [-0.2, -0.15) is 0 Å². The van der Waals surface area contributed by atoms with E-state index in [0.717, 1.165) is 37.4 Å².